The first-order valence-electron chi connectivity index (χ1n) is 5.67. The maximum Gasteiger partial charge on any atom is 0.162 e. The van der Waals surface area contributed by atoms with Crippen LogP contribution in [0.1, 0.15) is 16.5 Å². The predicted molar refractivity (Wildman–Crippen MR) is 71.0 cm³/mol. The van der Waals surface area contributed by atoms with Crippen molar-refractivity contribution in [3.63, 3.8) is 0 Å². The van der Waals surface area contributed by atoms with E-state index in [-0.39, 0.29) is 18.0 Å². The molecule has 0 radical (unpaired) electrons. The Labute approximate surface area is 114 Å². The topological polar surface area (TPSA) is 47.3 Å². The zero-order valence-corrected chi connectivity index (χ0v) is 11.1. The van der Waals surface area contributed by atoms with Crippen LogP contribution in [0.2, 0.25) is 0 Å². The lowest BCUT2D eigenvalue weighted by molar-refractivity contribution is 0.402. The highest BCUT2D eigenvalue weighted by Gasteiger charge is 2.19. The van der Waals surface area contributed by atoms with Crippen molar-refractivity contribution in [3.05, 3.63) is 51.7 Å². The molecule has 0 fully saturated rings. The van der Waals surface area contributed by atoms with Crippen LogP contribution in [0.3, 0.4) is 0 Å². The van der Waals surface area contributed by atoms with Gasteiger partial charge in [-0.2, -0.15) is 0 Å². The average molecular weight is 284 g/mol. The molecule has 2 rings (SSSR count). The number of rotatable bonds is 5. The van der Waals surface area contributed by atoms with Gasteiger partial charge in [0.05, 0.1) is 18.0 Å². The van der Waals surface area contributed by atoms with E-state index in [1.165, 1.54) is 17.4 Å². The van der Waals surface area contributed by atoms with Gasteiger partial charge >= 0.3 is 0 Å². The first-order valence-corrected chi connectivity index (χ1v) is 6.55. The van der Waals surface area contributed by atoms with E-state index < -0.39 is 11.6 Å². The Balaban J connectivity index is 2.27. The van der Waals surface area contributed by atoms with Crippen LogP contribution in [-0.2, 0) is 6.42 Å². The lowest BCUT2D eigenvalue weighted by Gasteiger charge is -2.16. The molecule has 1 unspecified atom stereocenters. The van der Waals surface area contributed by atoms with Gasteiger partial charge < -0.3 is 4.74 Å². The highest BCUT2D eigenvalue weighted by Crippen LogP contribution is 2.32. The van der Waals surface area contributed by atoms with Gasteiger partial charge in [0.25, 0.3) is 0 Å². The quantitative estimate of drug-likeness (QED) is 0.655. The van der Waals surface area contributed by atoms with Gasteiger partial charge in [0.1, 0.15) is 5.75 Å². The summed E-state index contributed by atoms with van der Waals surface area (Å²) in [4.78, 5) is 0.855. The number of nitrogens with one attached hydrogen (secondary N) is 1. The molecule has 0 bridgehead atoms. The Hall–Kier alpha value is -1.50. The molecule has 3 nitrogen and oxygen atoms in total. The molecule has 19 heavy (non-hydrogen) atoms. The van der Waals surface area contributed by atoms with Gasteiger partial charge in [-0.3, -0.25) is 11.3 Å². The third-order valence-corrected chi connectivity index (χ3v) is 3.86. The Morgan fingerprint density at radius 1 is 1.37 bits per heavy atom. The van der Waals surface area contributed by atoms with Crippen molar-refractivity contribution in [2.75, 3.05) is 7.11 Å². The van der Waals surface area contributed by atoms with Crippen molar-refractivity contribution in [3.8, 4) is 5.75 Å². The van der Waals surface area contributed by atoms with Crippen LogP contribution in [0.5, 0.6) is 5.75 Å². The molecule has 0 saturated carbocycles. The highest BCUT2D eigenvalue weighted by atomic mass is 32.1. The second kappa shape index (κ2) is 6.10. The van der Waals surface area contributed by atoms with Crippen molar-refractivity contribution >= 4 is 11.3 Å². The maximum atomic E-state index is 13.7. The van der Waals surface area contributed by atoms with Crippen LogP contribution in [-0.4, -0.2) is 7.11 Å². The molecule has 0 amide bonds. The smallest absolute Gasteiger partial charge is 0.162 e. The monoisotopic (exact) mass is 284 g/mol. The number of hydrogen-bond acceptors (Lipinski definition) is 4. The number of ether oxygens (including phenoxy) is 1. The van der Waals surface area contributed by atoms with E-state index in [0.29, 0.717) is 5.75 Å². The summed E-state index contributed by atoms with van der Waals surface area (Å²) < 4.78 is 32.0. The zero-order valence-electron chi connectivity index (χ0n) is 10.3. The van der Waals surface area contributed by atoms with E-state index in [9.17, 15) is 8.78 Å². The molecule has 0 aliphatic heterocycles. The van der Waals surface area contributed by atoms with Gasteiger partial charge in [-0.05, 0) is 29.5 Å². The van der Waals surface area contributed by atoms with Crippen LogP contribution >= 0.6 is 11.3 Å². The first kappa shape index (κ1) is 13.9. The molecule has 0 spiro atoms. The minimum Gasteiger partial charge on any atom is -0.496 e. The molecule has 6 heteroatoms. The SMILES string of the molecule is COc1ccsc1C(Cc1cccc(F)c1F)NN. The van der Waals surface area contributed by atoms with Crippen LogP contribution < -0.4 is 16.0 Å². The number of thiophene rings is 1. The van der Waals surface area contributed by atoms with E-state index in [4.69, 9.17) is 10.6 Å². The second-order valence-electron chi connectivity index (χ2n) is 3.99. The molecule has 3 N–H and O–H groups in total. The summed E-state index contributed by atoms with van der Waals surface area (Å²) >= 11 is 1.45. The van der Waals surface area contributed by atoms with Crippen molar-refractivity contribution in [1.82, 2.24) is 5.43 Å². The lowest BCUT2D eigenvalue weighted by Crippen LogP contribution is -2.29. The second-order valence-corrected chi connectivity index (χ2v) is 4.94. The Morgan fingerprint density at radius 2 is 2.16 bits per heavy atom. The first-order chi connectivity index (χ1) is 9.17. The highest BCUT2D eigenvalue weighted by molar-refractivity contribution is 7.10. The van der Waals surface area contributed by atoms with E-state index in [2.05, 4.69) is 5.43 Å². The Kier molecular flexibility index (Phi) is 4.47. The molecule has 1 heterocycles. The minimum atomic E-state index is -0.855. The largest absolute Gasteiger partial charge is 0.496 e. The zero-order chi connectivity index (χ0) is 13.8. The van der Waals surface area contributed by atoms with Crippen molar-refractivity contribution in [2.45, 2.75) is 12.5 Å². The van der Waals surface area contributed by atoms with Gasteiger partial charge in [0.2, 0.25) is 0 Å². The molecular formula is C13H14F2N2OS. The molecule has 1 aromatic carbocycles. The molecular weight excluding hydrogens is 270 g/mol. The van der Waals surface area contributed by atoms with Crippen LogP contribution in [0.4, 0.5) is 8.78 Å². The van der Waals surface area contributed by atoms with Gasteiger partial charge in [0.15, 0.2) is 11.6 Å². The summed E-state index contributed by atoms with van der Waals surface area (Å²) in [5.74, 6) is 4.50. The summed E-state index contributed by atoms with van der Waals surface area (Å²) in [6, 6.07) is 5.60. The molecule has 0 saturated heterocycles. The summed E-state index contributed by atoms with van der Waals surface area (Å²) in [5.41, 5.74) is 2.89. The minimum absolute atomic E-state index is 0.247. The third kappa shape index (κ3) is 2.91. The van der Waals surface area contributed by atoms with Crippen molar-refractivity contribution in [1.29, 1.82) is 0 Å². The fourth-order valence-corrected chi connectivity index (χ4v) is 2.81. The standard InChI is InChI=1S/C13H14F2N2OS/c1-18-11-5-6-19-13(11)10(17-16)7-8-3-2-4-9(14)12(8)15/h2-6,10,17H,7,16H2,1H3. The number of halogens is 2. The number of hydrogen-bond donors (Lipinski definition) is 2. The number of benzene rings is 1. The van der Waals surface area contributed by atoms with Gasteiger partial charge in [-0.25, -0.2) is 8.78 Å². The van der Waals surface area contributed by atoms with Gasteiger partial charge in [-0.1, -0.05) is 12.1 Å². The van der Waals surface area contributed by atoms with Crippen LogP contribution in [0.15, 0.2) is 29.6 Å². The summed E-state index contributed by atoms with van der Waals surface area (Å²) in [6.07, 6.45) is 0.247. The molecule has 0 aliphatic rings. The normalized spacial score (nSPS) is 12.4. The van der Waals surface area contributed by atoms with Crippen molar-refractivity contribution in [2.24, 2.45) is 5.84 Å². The predicted octanol–water partition coefficient (Wildman–Crippen LogP) is 2.78. The number of nitrogens with two attached hydrogens (primary N) is 1. The summed E-state index contributed by atoms with van der Waals surface area (Å²) in [7, 11) is 1.56. The summed E-state index contributed by atoms with van der Waals surface area (Å²) in [5, 5.41) is 1.86. The molecule has 1 atom stereocenters. The van der Waals surface area contributed by atoms with Crippen LogP contribution in [0, 0.1) is 11.6 Å². The third-order valence-electron chi connectivity index (χ3n) is 2.85. The molecule has 2 aromatic rings. The van der Waals surface area contributed by atoms with E-state index in [0.717, 1.165) is 10.9 Å². The van der Waals surface area contributed by atoms with Gasteiger partial charge in [0, 0.05) is 0 Å². The maximum absolute atomic E-state index is 13.7. The number of methoxy groups -OCH3 is 1. The Bertz CT molecular complexity index is 559. The average Bonchev–Trinajstić information content (AvgIpc) is 2.88. The molecule has 0 aliphatic carbocycles. The summed E-state index contributed by atoms with van der Waals surface area (Å²) in [6.45, 7) is 0. The Morgan fingerprint density at radius 3 is 2.84 bits per heavy atom. The number of hydrazine groups is 1. The molecule has 1 aromatic heterocycles. The van der Waals surface area contributed by atoms with E-state index in [1.807, 2.05) is 11.4 Å². The lowest BCUT2D eigenvalue weighted by atomic mass is 10.0. The fraction of sp³-hybridized carbons (Fsp3) is 0.231. The van der Waals surface area contributed by atoms with E-state index >= 15 is 0 Å². The molecule has 102 valence electrons. The fourth-order valence-electron chi connectivity index (χ4n) is 1.89. The van der Waals surface area contributed by atoms with Crippen molar-refractivity contribution < 1.29 is 13.5 Å². The van der Waals surface area contributed by atoms with Gasteiger partial charge in [-0.15, -0.1) is 11.3 Å². The van der Waals surface area contributed by atoms with E-state index in [1.54, 1.807) is 13.2 Å². The van der Waals surface area contributed by atoms with Crippen LogP contribution in [0.25, 0.3) is 0 Å².